The first-order valence-corrected chi connectivity index (χ1v) is 12.4. The average Bonchev–Trinajstić information content (AvgIpc) is 2.80. The van der Waals surface area contributed by atoms with E-state index in [0.717, 1.165) is 11.1 Å². The fraction of sp³-hybridized carbons (Fsp3) is 0.417. The second-order valence-corrected chi connectivity index (χ2v) is 9.48. The predicted molar refractivity (Wildman–Crippen MR) is 129 cm³/mol. The van der Waals surface area contributed by atoms with Crippen molar-refractivity contribution in [3.63, 3.8) is 0 Å². The number of ether oxygens (including phenoxy) is 1. The van der Waals surface area contributed by atoms with Crippen molar-refractivity contribution in [1.82, 2.24) is 10.2 Å². The van der Waals surface area contributed by atoms with Gasteiger partial charge in [0.15, 0.2) is 0 Å². The Labute approximate surface area is 196 Å². The molecule has 0 saturated carbocycles. The molecule has 0 aliphatic rings. The molecule has 180 valence electrons. The molecule has 0 bridgehead atoms. The van der Waals surface area contributed by atoms with Crippen LogP contribution in [-0.4, -0.2) is 58.4 Å². The molecular weight excluding hydrogens is 442 g/mol. The lowest BCUT2D eigenvalue weighted by Crippen LogP contribution is -2.41. The molecule has 0 aliphatic heterocycles. The van der Waals surface area contributed by atoms with Crippen LogP contribution in [0.5, 0.6) is 5.75 Å². The number of benzene rings is 2. The standard InChI is InChI=1S/C24H33N3O5S/c1-6-26(7-2)24(29)17-25-23(28)14-15-27(20-9-11-21(32-5)12-10-20)33(30,31)22-13-8-18(3)19(4)16-22/h8-13,16H,6-7,14-15,17H2,1-5H3,(H,25,28). The fourth-order valence-corrected chi connectivity index (χ4v) is 4.84. The summed E-state index contributed by atoms with van der Waals surface area (Å²) < 4.78 is 33.4. The van der Waals surface area contributed by atoms with Crippen LogP contribution in [0.2, 0.25) is 0 Å². The van der Waals surface area contributed by atoms with E-state index in [1.54, 1.807) is 47.4 Å². The van der Waals surface area contributed by atoms with E-state index < -0.39 is 15.9 Å². The van der Waals surface area contributed by atoms with E-state index in [1.165, 1.54) is 11.4 Å². The number of hydrogen-bond acceptors (Lipinski definition) is 5. The Morgan fingerprint density at radius 3 is 2.15 bits per heavy atom. The quantitative estimate of drug-likeness (QED) is 0.539. The molecule has 9 heteroatoms. The van der Waals surface area contributed by atoms with Crippen LogP contribution in [0.1, 0.15) is 31.4 Å². The number of rotatable bonds is 11. The fourth-order valence-electron chi connectivity index (χ4n) is 3.29. The molecular formula is C24H33N3O5S. The first kappa shape index (κ1) is 26.2. The highest BCUT2D eigenvalue weighted by Crippen LogP contribution is 2.27. The minimum absolute atomic E-state index is 0.0765. The molecule has 0 saturated heterocycles. The van der Waals surface area contributed by atoms with Gasteiger partial charge in [0.2, 0.25) is 11.8 Å². The Kier molecular flexibility index (Phi) is 9.28. The van der Waals surface area contributed by atoms with E-state index in [0.29, 0.717) is 24.5 Å². The maximum absolute atomic E-state index is 13.5. The number of hydrogen-bond donors (Lipinski definition) is 1. The zero-order valence-electron chi connectivity index (χ0n) is 19.9. The topological polar surface area (TPSA) is 96.0 Å². The molecule has 0 radical (unpaired) electrons. The van der Waals surface area contributed by atoms with Crippen molar-refractivity contribution in [3.8, 4) is 5.75 Å². The van der Waals surface area contributed by atoms with Gasteiger partial charge >= 0.3 is 0 Å². The third-order valence-corrected chi connectivity index (χ3v) is 7.34. The van der Waals surface area contributed by atoms with Crippen LogP contribution >= 0.6 is 0 Å². The lowest BCUT2D eigenvalue weighted by molar-refractivity contribution is -0.132. The predicted octanol–water partition coefficient (Wildman–Crippen LogP) is 2.88. The third-order valence-electron chi connectivity index (χ3n) is 5.52. The Bertz CT molecular complexity index is 1060. The summed E-state index contributed by atoms with van der Waals surface area (Å²) in [7, 11) is -2.39. The van der Waals surface area contributed by atoms with Crippen molar-refractivity contribution in [2.24, 2.45) is 0 Å². The normalized spacial score (nSPS) is 11.1. The highest BCUT2D eigenvalue weighted by atomic mass is 32.2. The van der Waals surface area contributed by atoms with E-state index in [2.05, 4.69) is 5.32 Å². The van der Waals surface area contributed by atoms with Crippen LogP contribution in [0.25, 0.3) is 0 Å². The van der Waals surface area contributed by atoms with Gasteiger partial charge in [0.25, 0.3) is 10.0 Å². The van der Waals surface area contributed by atoms with E-state index in [-0.39, 0.29) is 30.3 Å². The maximum atomic E-state index is 13.5. The number of anilines is 1. The molecule has 0 unspecified atom stereocenters. The Morgan fingerprint density at radius 2 is 1.61 bits per heavy atom. The second kappa shape index (κ2) is 11.7. The molecule has 0 fully saturated rings. The Hall–Kier alpha value is -3.07. The van der Waals surface area contributed by atoms with Gasteiger partial charge in [-0.1, -0.05) is 6.07 Å². The van der Waals surface area contributed by atoms with Crippen molar-refractivity contribution in [1.29, 1.82) is 0 Å². The van der Waals surface area contributed by atoms with E-state index in [4.69, 9.17) is 4.74 Å². The first-order chi connectivity index (χ1) is 15.6. The highest BCUT2D eigenvalue weighted by Gasteiger charge is 2.26. The van der Waals surface area contributed by atoms with Gasteiger partial charge in [-0.3, -0.25) is 13.9 Å². The highest BCUT2D eigenvalue weighted by molar-refractivity contribution is 7.92. The number of carbonyl (C=O) groups excluding carboxylic acids is 2. The summed E-state index contributed by atoms with van der Waals surface area (Å²) in [6.07, 6.45) is -0.0956. The molecule has 2 aromatic carbocycles. The first-order valence-electron chi connectivity index (χ1n) is 10.9. The minimum atomic E-state index is -3.92. The molecule has 2 rings (SSSR count). The average molecular weight is 476 g/mol. The van der Waals surface area contributed by atoms with Crippen molar-refractivity contribution in [2.45, 2.75) is 39.0 Å². The number of sulfonamides is 1. The van der Waals surface area contributed by atoms with Gasteiger partial charge in [-0.15, -0.1) is 0 Å². The summed E-state index contributed by atoms with van der Waals surface area (Å²) in [5.74, 6) is 0.0161. The van der Waals surface area contributed by atoms with Crippen molar-refractivity contribution in [2.75, 3.05) is 37.6 Å². The zero-order chi connectivity index (χ0) is 24.6. The van der Waals surface area contributed by atoms with E-state index >= 15 is 0 Å². The minimum Gasteiger partial charge on any atom is -0.497 e. The van der Waals surface area contributed by atoms with Gasteiger partial charge < -0.3 is 15.0 Å². The summed E-state index contributed by atoms with van der Waals surface area (Å²) in [4.78, 5) is 26.3. The van der Waals surface area contributed by atoms with Gasteiger partial charge in [0.05, 0.1) is 24.2 Å². The van der Waals surface area contributed by atoms with Gasteiger partial charge in [0.1, 0.15) is 5.75 Å². The van der Waals surface area contributed by atoms with Crippen LogP contribution in [0, 0.1) is 13.8 Å². The molecule has 0 spiro atoms. The van der Waals surface area contributed by atoms with Gasteiger partial charge in [-0.05, 0) is 75.2 Å². The molecule has 0 aromatic heterocycles. The van der Waals surface area contributed by atoms with Crippen LogP contribution in [0.4, 0.5) is 5.69 Å². The number of amides is 2. The summed E-state index contributed by atoms with van der Waals surface area (Å²) >= 11 is 0. The van der Waals surface area contributed by atoms with Crippen molar-refractivity contribution in [3.05, 3.63) is 53.6 Å². The molecule has 0 atom stereocenters. The van der Waals surface area contributed by atoms with Crippen LogP contribution in [0.15, 0.2) is 47.4 Å². The van der Waals surface area contributed by atoms with Crippen molar-refractivity contribution >= 4 is 27.5 Å². The monoisotopic (exact) mass is 475 g/mol. The summed E-state index contributed by atoms with van der Waals surface area (Å²) in [5.41, 5.74) is 2.27. The van der Waals surface area contributed by atoms with Crippen molar-refractivity contribution < 1.29 is 22.7 Å². The smallest absolute Gasteiger partial charge is 0.264 e. The van der Waals surface area contributed by atoms with Gasteiger partial charge in [-0.2, -0.15) is 0 Å². The molecule has 2 aromatic rings. The lowest BCUT2D eigenvalue weighted by Gasteiger charge is -2.25. The van der Waals surface area contributed by atoms with E-state index in [1.807, 2.05) is 27.7 Å². The van der Waals surface area contributed by atoms with Gasteiger partial charge in [0, 0.05) is 26.1 Å². The maximum Gasteiger partial charge on any atom is 0.264 e. The number of carbonyl (C=O) groups is 2. The van der Waals surface area contributed by atoms with E-state index in [9.17, 15) is 18.0 Å². The van der Waals surface area contributed by atoms with Crippen LogP contribution < -0.4 is 14.4 Å². The summed E-state index contributed by atoms with van der Waals surface area (Å²) in [5, 5.41) is 2.59. The third kappa shape index (κ3) is 6.71. The number of methoxy groups -OCH3 is 1. The Morgan fingerprint density at radius 1 is 0.970 bits per heavy atom. The summed E-state index contributed by atoms with van der Waals surface area (Å²) in [6.45, 7) is 8.43. The largest absolute Gasteiger partial charge is 0.497 e. The molecule has 33 heavy (non-hydrogen) atoms. The number of likely N-dealkylation sites (N-methyl/N-ethyl adjacent to an activating group) is 1. The second-order valence-electron chi connectivity index (χ2n) is 7.61. The lowest BCUT2D eigenvalue weighted by atomic mass is 10.1. The molecule has 0 aliphatic carbocycles. The van der Waals surface area contributed by atoms with Crippen LogP contribution in [0.3, 0.4) is 0 Å². The van der Waals surface area contributed by atoms with Gasteiger partial charge in [-0.25, -0.2) is 8.42 Å². The number of nitrogens with zero attached hydrogens (tertiary/aromatic N) is 2. The summed E-state index contributed by atoms with van der Waals surface area (Å²) in [6, 6.07) is 11.6. The zero-order valence-corrected chi connectivity index (χ0v) is 20.7. The SMILES string of the molecule is CCN(CC)C(=O)CNC(=O)CCN(c1ccc(OC)cc1)S(=O)(=O)c1ccc(C)c(C)c1. The number of aryl methyl sites for hydroxylation is 2. The number of nitrogens with one attached hydrogen (secondary N) is 1. The Balaban J connectivity index is 2.23. The molecule has 0 heterocycles. The molecule has 1 N–H and O–H groups in total. The molecule has 8 nitrogen and oxygen atoms in total. The molecule has 2 amide bonds. The van der Waals surface area contributed by atoms with Crippen LogP contribution in [-0.2, 0) is 19.6 Å².